The summed E-state index contributed by atoms with van der Waals surface area (Å²) in [5, 5.41) is 3.28. The lowest BCUT2D eigenvalue weighted by molar-refractivity contribution is 0.287. The number of rotatable bonds is 1. The molecular weight excluding hydrogens is 324 g/mol. The van der Waals surface area contributed by atoms with E-state index in [2.05, 4.69) is 71.5 Å². The van der Waals surface area contributed by atoms with Crippen LogP contribution in [0.2, 0.25) is 0 Å². The molecule has 2 nitrogen and oxygen atoms in total. The zero-order chi connectivity index (χ0) is 14.8. The van der Waals surface area contributed by atoms with Crippen molar-refractivity contribution in [2.45, 2.75) is 24.8 Å². The lowest BCUT2D eigenvalue weighted by Gasteiger charge is -2.40. The molecule has 1 heterocycles. The predicted molar refractivity (Wildman–Crippen MR) is 90.4 cm³/mol. The Hall–Kier alpha value is -1.16. The van der Waals surface area contributed by atoms with E-state index in [0.717, 1.165) is 17.6 Å². The first-order valence-corrected chi connectivity index (χ1v) is 8.16. The average molecular weight is 343 g/mol. The Morgan fingerprint density at radius 3 is 2.24 bits per heavy atom. The highest BCUT2D eigenvalue weighted by Gasteiger charge is 2.39. The van der Waals surface area contributed by atoms with Crippen LogP contribution in [0.3, 0.4) is 0 Å². The molecule has 0 saturated carbocycles. The molecule has 0 unspecified atom stereocenters. The van der Waals surface area contributed by atoms with E-state index in [4.69, 9.17) is 5.73 Å². The molecule has 2 aromatic carbocycles. The zero-order valence-corrected chi connectivity index (χ0v) is 13.9. The monoisotopic (exact) mass is 342 g/mol. The van der Waals surface area contributed by atoms with Crippen molar-refractivity contribution < 1.29 is 0 Å². The maximum Gasteiger partial charge on any atom is 0.0662 e. The van der Waals surface area contributed by atoms with Crippen molar-refractivity contribution in [3.8, 4) is 11.1 Å². The fourth-order valence-corrected chi connectivity index (χ4v) is 3.98. The highest BCUT2D eigenvalue weighted by atomic mass is 79.9. The molecule has 0 bridgehead atoms. The molecule has 0 spiro atoms. The van der Waals surface area contributed by atoms with Gasteiger partial charge < -0.3 is 11.1 Å². The molecule has 21 heavy (non-hydrogen) atoms. The smallest absolute Gasteiger partial charge is 0.0662 e. The molecule has 0 radical (unpaired) electrons. The van der Waals surface area contributed by atoms with Crippen molar-refractivity contribution in [1.29, 1.82) is 0 Å². The van der Waals surface area contributed by atoms with E-state index >= 15 is 0 Å². The molecule has 3 N–H and O–H groups in total. The molecular formula is C18H19BrN2. The van der Waals surface area contributed by atoms with Gasteiger partial charge in [0.05, 0.1) is 5.54 Å². The van der Waals surface area contributed by atoms with Gasteiger partial charge in [0.1, 0.15) is 0 Å². The van der Waals surface area contributed by atoms with Crippen LogP contribution >= 0.6 is 15.9 Å². The molecule has 4 rings (SSSR count). The molecule has 2 aromatic rings. The first-order chi connectivity index (χ1) is 9.92. The summed E-state index contributed by atoms with van der Waals surface area (Å²) in [5.74, 6) is 0. The van der Waals surface area contributed by atoms with E-state index in [0.29, 0.717) is 0 Å². The van der Waals surface area contributed by atoms with Crippen LogP contribution in [0.25, 0.3) is 11.1 Å². The van der Waals surface area contributed by atoms with Gasteiger partial charge in [-0.1, -0.05) is 54.0 Å². The van der Waals surface area contributed by atoms with Crippen LogP contribution in [0.4, 0.5) is 0 Å². The lowest BCUT2D eigenvalue weighted by atomic mass is 9.78. The Kier molecular flexibility index (Phi) is 2.69. The Morgan fingerprint density at radius 1 is 1.00 bits per heavy atom. The highest BCUT2D eigenvalue weighted by Crippen LogP contribution is 2.50. The summed E-state index contributed by atoms with van der Waals surface area (Å²) in [6.45, 7) is 6.33. The molecule has 108 valence electrons. The van der Waals surface area contributed by atoms with E-state index in [1.165, 1.54) is 27.8 Å². The number of fused-ring (bicyclic) bond motifs is 3. The van der Waals surface area contributed by atoms with Crippen molar-refractivity contribution >= 4 is 15.9 Å². The van der Waals surface area contributed by atoms with Crippen molar-refractivity contribution in [1.82, 2.24) is 5.32 Å². The minimum Gasteiger partial charge on any atom is -0.319 e. The van der Waals surface area contributed by atoms with Crippen LogP contribution in [0.5, 0.6) is 0 Å². The SMILES string of the molecule is CC1(C)c2cc(Br)ccc2-c2ccc(C3(N)CNC3)cc21. The van der Waals surface area contributed by atoms with Gasteiger partial charge in [0.25, 0.3) is 0 Å². The van der Waals surface area contributed by atoms with Crippen LogP contribution in [-0.2, 0) is 11.0 Å². The molecule has 0 aromatic heterocycles. The van der Waals surface area contributed by atoms with Gasteiger partial charge in [0.15, 0.2) is 0 Å². The first kappa shape index (κ1) is 13.5. The Balaban J connectivity index is 1.92. The Labute approximate surface area is 133 Å². The van der Waals surface area contributed by atoms with Crippen molar-refractivity contribution in [3.63, 3.8) is 0 Å². The first-order valence-electron chi connectivity index (χ1n) is 7.37. The van der Waals surface area contributed by atoms with Crippen molar-refractivity contribution in [2.75, 3.05) is 13.1 Å². The van der Waals surface area contributed by atoms with Gasteiger partial charge in [-0.15, -0.1) is 0 Å². The maximum atomic E-state index is 6.47. The minimum atomic E-state index is -0.194. The third-order valence-electron chi connectivity index (χ3n) is 5.09. The number of nitrogens with one attached hydrogen (secondary N) is 1. The quantitative estimate of drug-likeness (QED) is 0.832. The third kappa shape index (κ3) is 1.78. The topological polar surface area (TPSA) is 38.0 Å². The maximum absolute atomic E-state index is 6.47. The average Bonchev–Trinajstić information content (AvgIpc) is 2.64. The van der Waals surface area contributed by atoms with E-state index in [-0.39, 0.29) is 11.0 Å². The second-order valence-electron chi connectivity index (χ2n) is 6.83. The summed E-state index contributed by atoms with van der Waals surface area (Å²) in [6, 6.07) is 13.4. The van der Waals surface area contributed by atoms with E-state index in [1.807, 2.05) is 0 Å². The van der Waals surface area contributed by atoms with Gasteiger partial charge in [-0.2, -0.15) is 0 Å². The number of halogens is 1. The van der Waals surface area contributed by atoms with E-state index < -0.39 is 0 Å². The summed E-state index contributed by atoms with van der Waals surface area (Å²) in [4.78, 5) is 0. The van der Waals surface area contributed by atoms with Crippen LogP contribution in [0.15, 0.2) is 40.9 Å². The lowest BCUT2D eigenvalue weighted by Crippen LogP contribution is -2.62. The standard InChI is InChI=1S/C18H19BrN2/c1-17(2)15-7-11(18(20)9-21-10-18)3-5-13(15)14-6-4-12(19)8-16(14)17/h3-8,21H,9-10,20H2,1-2H3. The Bertz CT molecular complexity index is 745. The minimum absolute atomic E-state index is 0.0258. The van der Waals surface area contributed by atoms with Gasteiger partial charge in [0.2, 0.25) is 0 Å². The second kappa shape index (κ2) is 4.19. The molecule has 1 aliphatic carbocycles. The number of nitrogens with two attached hydrogens (primary N) is 1. The largest absolute Gasteiger partial charge is 0.319 e. The predicted octanol–water partition coefficient (Wildman–Crippen LogP) is 3.51. The highest BCUT2D eigenvalue weighted by molar-refractivity contribution is 9.10. The van der Waals surface area contributed by atoms with Gasteiger partial charge in [-0.3, -0.25) is 0 Å². The van der Waals surface area contributed by atoms with Crippen molar-refractivity contribution in [3.05, 3.63) is 57.6 Å². The summed E-state index contributed by atoms with van der Waals surface area (Å²) in [5.41, 5.74) is 13.0. The Morgan fingerprint density at radius 2 is 1.62 bits per heavy atom. The van der Waals surface area contributed by atoms with Crippen LogP contribution in [-0.4, -0.2) is 13.1 Å². The fraction of sp³-hybridized carbons (Fsp3) is 0.333. The van der Waals surface area contributed by atoms with Gasteiger partial charge >= 0.3 is 0 Å². The van der Waals surface area contributed by atoms with Crippen molar-refractivity contribution in [2.24, 2.45) is 5.73 Å². The van der Waals surface area contributed by atoms with Gasteiger partial charge in [-0.25, -0.2) is 0 Å². The fourth-order valence-electron chi connectivity index (χ4n) is 3.62. The van der Waals surface area contributed by atoms with Gasteiger partial charge in [-0.05, 0) is 39.9 Å². The van der Waals surface area contributed by atoms with Crippen LogP contribution in [0.1, 0.15) is 30.5 Å². The summed E-state index contributed by atoms with van der Waals surface area (Å²) < 4.78 is 1.14. The summed E-state index contributed by atoms with van der Waals surface area (Å²) in [7, 11) is 0. The summed E-state index contributed by atoms with van der Waals surface area (Å²) in [6.07, 6.45) is 0. The molecule has 3 heteroatoms. The van der Waals surface area contributed by atoms with Crippen LogP contribution in [0, 0.1) is 0 Å². The second-order valence-corrected chi connectivity index (χ2v) is 7.75. The van der Waals surface area contributed by atoms with Gasteiger partial charge in [0, 0.05) is 23.0 Å². The molecule has 1 saturated heterocycles. The molecule has 0 atom stereocenters. The third-order valence-corrected chi connectivity index (χ3v) is 5.59. The van der Waals surface area contributed by atoms with E-state index in [1.54, 1.807) is 0 Å². The van der Waals surface area contributed by atoms with Crippen LogP contribution < -0.4 is 11.1 Å². The molecule has 0 amide bonds. The number of hydrogen-bond donors (Lipinski definition) is 2. The molecule has 2 aliphatic rings. The molecule has 1 fully saturated rings. The normalized spacial score (nSPS) is 20.6. The molecule has 1 aliphatic heterocycles. The number of hydrogen-bond acceptors (Lipinski definition) is 2. The summed E-state index contributed by atoms with van der Waals surface area (Å²) >= 11 is 3.60. The van der Waals surface area contributed by atoms with E-state index in [9.17, 15) is 0 Å². The number of benzene rings is 2. The zero-order valence-electron chi connectivity index (χ0n) is 12.3.